The Hall–Kier alpha value is -2.60. The maximum atomic E-state index is 2.32. The predicted octanol–water partition coefficient (Wildman–Crippen LogP) is 7.43. The zero-order valence-electron chi connectivity index (χ0n) is 15.4. The van der Waals surface area contributed by atoms with Crippen LogP contribution in [0, 0.1) is 0 Å². The molecule has 25 heavy (non-hydrogen) atoms. The molecule has 0 saturated carbocycles. The van der Waals surface area contributed by atoms with Gasteiger partial charge in [-0.1, -0.05) is 98.8 Å². The fourth-order valence-electron chi connectivity index (χ4n) is 3.18. The van der Waals surface area contributed by atoms with E-state index in [-0.39, 0.29) is 0 Å². The van der Waals surface area contributed by atoms with Crippen LogP contribution in [0.25, 0.3) is 22.8 Å². The summed E-state index contributed by atoms with van der Waals surface area (Å²) < 4.78 is 0. The molecule has 1 atom stereocenters. The Morgan fingerprint density at radius 1 is 0.800 bits per heavy atom. The molecule has 0 aliphatic heterocycles. The minimum Gasteiger partial charge on any atom is -0.0648 e. The summed E-state index contributed by atoms with van der Waals surface area (Å²) in [5.74, 6) is 0.584. The zero-order valence-corrected chi connectivity index (χ0v) is 15.4. The molecule has 0 radical (unpaired) electrons. The normalized spacial score (nSPS) is 12.8. The van der Waals surface area contributed by atoms with E-state index in [1.54, 1.807) is 0 Å². The average Bonchev–Trinajstić information content (AvgIpc) is 2.68. The van der Waals surface area contributed by atoms with E-state index in [1.807, 2.05) is 0 Å². The molecule has 0 bridgehead atoms. The van der Waals surface area contributed by atoms with Crippen LogP contribution < -0.4 is 0 Å². The van der Waals surface area contributed by atoms with Gasteiger partial charge in [0.25, 0.3) is 0 Å². The highest BCUT2D eigenvalue weighted by Gasteiger charge is 2.07. The van der Waals surface area contributed by atoms with E-state index < -0.39 is 0 Å². The summed E-state index contributed by atoms with van der Waals surface area (Å²) in [7, 11) is 0. The summed E-state index contributed by atoms with van der Waals surface area (Å²) in [5.41, 5.74) is 7.87. The molecule has 0 aromatic heterocycles. The monoisotopic (exact) mass is 326 g/mol. The molecular weight excluding hydrogens is 300 g/mol. The van der Waals surface area contributed by atoms with Crippen LogP contribution in [0.5, 0.6) is 0 Å². The van der Waals surface area contributed by atoms with Crippen LogP contribution >= 0.6 is 0 Å². The molecule has 0 N–H and O–H groups in total. The van der Waals surface area contributed by atoms with Gasteiger partial charge in [0.1, 0.15) is 0 Å². The lowest BCUT2D eigenvalue weighted by Gasteiger charge is -2.13. The third kappa shape index (κ3) is 4.09. The SMILES string of the molecule is CCC(C)c1ccccc1/C=C(\C)c1ccc(-c2ccccc2)cc1. The van der Waals surface area contributed by atoms with Crippen LogP contribution in [0.2, 0.25) is 0 Å². The Morgan fingerprint density at radius 2 is 1.40 bits per heavy atom. The topological polar surface area (TPSA) is 0 Å². The Bertz CT molecular complexity index is 839. The quantitative estimate of drug-likeness (QED) is 0.428. The van der Waals surface area contributed by atoms with Crippen LogP contribution in [0.15, 0.2) is 78.9 Å². The summed E-state index contributed by atoms with van der Waals surface area (Å²) in [5, 5.41) is 0. The van der Waals surface area contributed by atoms with E-state index in [0.29, 0.717) is 5.92 Å². The van der Waals surface area contributed by atoms with Crippen molar-refractivity contribution < 1.29 is 0 Å². The second kappa shape index (κ2) is 7.98. The highest BCUT2D eigenvalue weighted by atomic mass is 14.1. The number of allylic oxidation sites excluding steroid dienone is 1. The molecule has 0 saturated heterocycles. The predicted molar refractivity (Wildman–Crippen MR) is 111 cm³/mol. The van der Waals surface area contributed by atoms with E-state index in [0.717, 1.165) is 6.42 Å². The van der Waals surface area contributed by atoms with Gasteiger partial charge in [0.2, 0.25) is 0 Å². The minimum absolute atomic E-state index is 0.584. The summed E-state index contributed by atoms with van der Waals surface area (Å²) in [4.78, 5) is 0. The van der Waals surface area contributed by atoms with Gasteiger partial charge < -0.3 is 0 Å². The van der Waals surface area contributed by atoms with E-state index >= 15 is 0 Å². The van der Waals surface area contributed by atoms with Crippen molar-refractivity contribution in [3.8, 4) is 11.1 Å². The summed E-state index contributed by atoms with van der Waals surface area (Å²) in [6.45, 7) is 6.75. The van der Waals surface area contributed by atoms with Gasteiger partial charge in [0, 0.05) is 0 Å². The first-order chi connectivity index (χ1) is 12.2. The Morgan fingerprint density at radius 3 is 2.08 bits per heavy atom. The number of hydrogen-bond donors (Lipinski definition) is 0. The molecule has 0 nitrogen and oxygen atoms in total. The third-order valence-electron chi connectivity index (χ3n) is 4.96. The van der Waals surface area contributed by atoms with Gasteiger partial charge in [-0.15, -0.1) is 0 Å². The van der Waals surface area contributed by atoms with Crippen LogP contribution in [0.4, 0.5) is 0 Å². The van der Waals surface area contributed by atoms with Crippen molar-refractivity contribution in [2.45, 2.75) is 33.1 Å². The highest BCUT2D eigenvalue weighted by molar-refractivity contribution is 5.82. The van der Waals surface area contributed by atoms with Gasteiger partial charge in [-0.3, -0.25) is 0 Å². The Labute approximate surface area is 151 Å². The van der Waals surface area contributed by atoms with Crippen molar-refractivity contribution in [1.29, 1.82) is 0 Å². The molecule has 3 rings (SSSR count). The molecule has 0 fully saturated rings. The van der Waals surface area contributed by atoms with Crippen molar-refractivity contribution in [3.05, 3.63) is 95.6 Å². The highest BCUT2D eigenvalue weighted by Crippen LogP contribution is 2.27. The molecular formula is C25H26. The lowest BCUT2D eigenvalue weighted by molar-refractivity contribution is 0.732. The van der Waals surface area contributed by atoms with Crippen molar-refractivity contribution in [2.24, 2.45) is 0 Å². The van der Waals surface area contributed by atoms with Crippen molar-refractivity contribution in [2.75, 3.05) is 0 Å². The molecule has 0 aliphatic carbocycles. The maximum Gasteiger partial charge on any atom is -0.0184 e. The summed E-state index contributed by atoms with van der Waals surface area (Å²) >= 11 is 0. The molecule has 3 aromatic carbocycles. The lowest BCUT2D eigenvalue weighted by Crippen LogP contribution is -1.94. The van der Waals surface area contributed by atoms with Crippen LogP contribution in [-0.4, -0.2) is 0 Å². The number of benzene rings is 3. The smallest absolute Gasteiger partial charge is 0.0184 e. The fourth-order valence-corrected chi connectivity index (χ4v) is 3.18. The third-order valence-corrected chi connectivity index (χ3v) is 4.96. The van der Waals surface area contributed by atoms with Crippen molar-refractivity contribution in [3.63, 3.8) is 0 Å². The van der Waals surface area contributed by atoms with E-state index in [1.165, 1.54) is 33.4 Å². The molecule has 0 spiro atoms. The van der Waals surface area contributed by atoms with Crippen LogP contribution in [0.3, 0.4) is 0 Å². The first-order valence-corrected chi connectivity index (χ1v) is 9.12. The van der Waals surface area contributed by atoms with E-state index in [9.17, 15) is 0 Å². The molecule has 0 heterocycles. The number of rotatable bonds is 5. The van der Waals surface area contributed by atoms with Gasteiger partial charge in [-0.05, 0) is 52.7 Å². The first-order valence-electron chi connectivity index (χ1n) is 9.12. The summed E-state index contributed by atoms with van der Waals surface area (Å²) in [6.07, 6.45) is 3.48. The lowest BCUT2D eigenvalue weighted by atomic mass is 9.92. The van der Waals surface area contributed by atoms with Crippen LogP contribution in [0.1, 0.15) is 49.8 Å². The largest absolute Gasteiger partial charge is 0.0648 e. The van der Waals surface area contributed by atoms with Gasteiger partial charge in [0.05, 0.1) is 0 Å². The molecule has 126 valence electrons. The zero-order chi connectivity index (χ0) is 17.6. The van der Waals surface area contributed by atoms with Gasteiger partial charge >= 0.3 is 0 Å². The van der Waals surface area contributed by atoms with Gasteiger partial charge in [-0.25, -0.2) is 0 Å². The van der Waals surface area contributed by atoms with E-state index in [2.05, 4.69) is 106 Å². The molecule has 0 heteroatoms. The Balaban J connectivity index is 1.89. The first kappa shape index (κ1) is 17.2. The molecule has 1 unspecified atom stereocenters. The minimum atomic E-state index is 0.584. The second-order valence-corrected chi connectivity index (χ2v) is 6.71. The van der Waals surface area contributed by atoms with Crippen molar-refractivity contribution >= 4 is 11.6 Å². The van der Waals surface area contributed by atoms with Crippen molar-refractivity contribution in [1.82, 2.24) is 0 Å². The molecule has 0 amide bonds. The maximum absolute atomic E-state index is 2.32. The number of hydrogen-bond acceptors (Lipinski definition) is 0. The van der Waals surface area contributed by atoms with E-state index in [4.69, 9.17) is 0 Å². The average molecular weight is 326 g/mol. The summed E-state index contributed by atoms with van der Waals surface area (Å²) in [6, 6.07) is 28.1. The molecule has 0 aliphatic rings. The van der Waals surface area contributed by atoms with Gasteiger partial charge in [0.15, 0.2) is 0 Å². The van der Waals surface area contributed by atoms with Gasteiger partial charge in [-0.2, -0.15) is 0 Å². The van der Waals surface area contributed by atoms with Crippen LogP contribution in [-0.2, 0) is 0 Å². The Kier molecular flexibility index (Phi) is 5.50. The molecule has 3 aromatic rings. The fraction of sp³-hybridized carbons (Fsp3) is 0.200. The second-order valence-electron chi connectivity index (χ2n) is 6.71. The standard InChI is InChI=1S/C25H26/c1-4-19(2)25-13-9-8-12-24(25)18-20(3)21-14-16-23(17-15-21)22-10-6-5-7-11-22/h5-19H,4H2,1-3H3/b20-18+.